The molecule has 1 N–H and O–H groups in total. The summed E-state index contributed by atoms with van der Waals surface area (Å²) in [6.07, 6.45) is -0.0194. The molecule has 0 bridgehead atoms. The Hall–Kier alpha value is -1.89. The lowest BCUT2D eigenvalue weighted by molar-refractivity contribution is -0.137. The van der Waals surface area contributed by atoms with Crippen molar-refractivity contribution in [3.63, 3.8) is 0 Å². The van der Waals surface area contributed by atoms with Crippen LogP contribution in [0.25, 0.3) is 5.69 Å². The van der Waals surface area contributed by atoms with E-state index in [9.17, 15) is 13.2 Å². The highest BCUT2D eigenvalue weighted by molar-refractivity contribution is 5.38. The molecule has 0 saturated heterocycles. The van der Waals surface area contributed by atoms with E-state index in [1.165, 1.54) is 18.5 Å². The second-order valence-electron chi connectivity index (χ2n) is 3.33. The quantitative estimate of drug-likeness (QED) is 0.874. The second kappa shape index (κ2) is 4.17. The summed E-state index contributed by atoms with van der Waals surface area (Å²) in [4.78, 5) is 3.77. The van der Waals surface area contributed by atoms with E-state index in [0.717, 1.165) is 17.1 Å². The van der Waals surface area contributed by atoms with Crippen molar-refractivity contribution >= 4 is 0 Å². The first-order chi connectivity index (χ1) is 8.02. The van der Waals surface area contributed by atoms with Gasteiger partial charge in [0.25, 0.3) is 0 Å². The minimum absolute atomic E-state index is 0.315. The van der Waals surface area contributed by atoms with Crippen molar-refractivity contribution in [1.82, 2.24) is 14.8 Å². The van der Waals surface area contributed by atoms with E-state index in [4.69, 9.17) is 5.11 Å². The van der Waals surface area contributed by atoms with Gasteiger partial charge in [-0.2, -0.15) is 18.3 Å². The number of aliphatic hydroxyl groups is 1. The summed E-state index contributed by atoms with van der Waals surface area (Å²) in [5, 5.41) is 12.7. The average molecular weight is 243 g/mol. The summed E-state index contributed by atoms with van der Waals surface area (Å²) < 4.78 is 38.2. The maximum absolute atomic E-state index is 12.4. The van der Waals surface area contributed by atoms with Crippen LogP contribution in [0.1, 0.15) is 11.1 Å². The summed E-state index contributed by atoms with van der Waals surface area (Å²) in [5.41, 5.74) is -0.0551. The van der Waals surface area contributed by atoms with Gasteiger partial charge in [0.15, 0.2) is 0 Å². The molecule has 7 heteroatoms. The SMILES string of the molecule is OCc1cnccc1-n1cc(C(F)(F)F)cn1. The van der Waals surface area contributed by atoms with Crippen molar-refractivity contribution < 1.29 is 18.3 Å². The lowest BCUT2D eigenvalue weighted by Crippen LogP contribution is -2.04. The summed E-state index contributed by atoms with van der Waals surface area (Å²) in [6.45, 7) is -0.315. The molecule has 0 aliphatic carbocycles. The molecule has 2 aromatic heterocycles. The molecule has 0 aliphatic heterocycles. The van der Waals surface area contributed by atoms with Gasteiger partial charge in [0.05, 0.1) is 24.1 Å². The van der Waals surface area contributed by atoms with Crippen molar-refractivity contribution in [2.75, 3.05) is 0 Å². The van der Waals surface area contributed by atoms with Gasteiger partial charge in [-0.3, -0.25) is 4.98 Å². The first-order valence-corrected chi connectivity index (χ1v) is 4.68. The van der Waals surface area contributed by atoms with Gasteiger partial charge in [-0.15, -0.1) is 0 Å². The van der Waals surface area contributed by atoms with Gasteiger partial charge >= 0.3 is 6.18 Å². The van der Waals surface area contributed by atoms with Crippen LogP contribution in [0.2, 0.25) is 0 Å². The van der Waals surface area contributed by atoms with Crippen LogP contribution in [-0.4, -0.2) is 19.9 Å². The van der Waals surface area contributed by atoms with Gasteiger partial charge in [-0.05, 0) is 6.07 Å². The number of hydrogen-bond acceptors (Lipinski definition) is 3. The lowest BCUT2D eigenvalue weighted by atomic mass is 10.2. The summed E-state index contributed by atoms with van der Waals surface area (Å²) >= 11 is 0. The normalized spacial score (nSPS) is 11.8. The predicted molar refractivity (Wildman–Crippen MR) is 52.3 cm³/mol. The third-order valence-corrected chi connectivity index (χ3v) is 2.20. The van der Waals surface area contributed by atoms with Crippen molar-refractivity contribution in [3.05, 3.63) is 42.0 Å². The number of halogens is 3. The molecule has 2 rings (SSSR count). The van der Waals surface area contributed by atoms with Crippen LogP contribution < -0.4 is 0 Å². The van der Waals surface area contributed by atoms with Crippen molar-refractivity contribution in [2.45, 2.75) is 12.8 Å². The lowest BCUT2D eigenvalue weighted by Gasteiger charge is -2.06. The molecule has 0 spiro atoms. The second-order valence-corrected chi connectivity index (χ2v) is 3.33. The molecule has 17 heavy (non-hydrogen) atoms. The topological polar surface area (TPSA) is 50.9 Å². The number of aromatic nitrogens is 3. The van der Waals surface area contributed by atoms with E-state index < -0.39 is 11.7 Å². The molecule has 2 heterocycles. The molecule has 0 fully saturated rings. The number of nitrogens with zero attached hydrogens (tertiary/aromatic N) is 3. The van der Waals surface area contributed by atoms with E-state index in [2.05, 4.69) is 10.1 Å². The van der Waals surface area contributed by atoms with Crippen LogP contribution in [0.15, 0.2) is 30.9 Å². The maximum atomic E-state index is 12.4. The third kappa shape index (κ3) is 2.28. The maximum Gasteiger partial charge on any atom is 0.419 e. The van der Waals surface area contributed by atoms with Crippen LogP contribution in [0.4, 0.5) is 13.2 Å². The van der Waals surface area contributed by atoms with Crippen LogP contribution in [0.5, 0.6) is 0 Å². The Labute approximate surface area is 94.3 Å². The zero-order chi connectivity index (χ0) is 12.5. The van der Waals surface area contributed by atoms with Gasteiger partial charge in [-0.1, -0.05) is 0 Å². The van der Waals surface area contributed by atoms with E-state index in [-0.39, 0.29) is 6.61 Å². The van der Waals surface area contributed by atoms with Gasteiger partial charge in [0.2, 0.25) is 0 Å². The highest BCUT2D eigenvalue weighted by atomic mass is 19.4. The fourth-order valence-electron chi connectivity index (χ4n) is 1.37. The highest BCUT2D eigenvalue weighted by Crippen LogP contribution is 2.29. The number of pyridine rings is 1. The Balaban J connectivity index is 2.44. The van der Waals surface area contributed by atoms with Crippen LogP contribution in [0, 0.1) is 0 Å². The molecule has 0 aliphatic rings. The molecule has 0 atom stereocenters. The zero-order valence-electron chi connectivity index (χ0n) is 8.52. The highest BCUT2D eigenvalue weighted by Gasteiger charge is 2.32. The molecule has 4 nitrogen and oxygen atoms in total. The standard InChI is InChI=1S/C10H8F3N3O/c11-10(12,13)8-4-15-16(5-8)9-1-2-14-3-7(9)6-17/h1-5,17H,6H2. The Kier molecular flexibility index (Phi) is 2.84. The summed E-state index contributed by atoms with van der Waals surface area (Å²) in [5.74, 6) is 0. The van der Waals surface area contributed by atoms with E-state index in [1.54, 1.807) is 0 Å². The van der Waals surface area contributed by atoms with E-state index >= 15 is 0 Å². The number of alkyl halides is 3. The summed E-state index contributed by atoms with van der Waals surface area (Å²) in [6, 6.07) is 1.48. The molecule has 0 amide bonds. The molecule has 90 valence electrons. The molecular weight excluding hydrogens is 235 g/mol. The zero-order valence-corrected chi connectivity index (χ0v) is 8.52. The van der Waals surface area contributed by atoms with Crippen molar-refractivity contribution in [3.8, 4) is 5.69 Å². The van der Waals surface area contributed by atoms with Gasteiger partial charge < -0.3 is 5.11 Å². The molecular formula is C10H8F3N3O. The smallest absolute Gasteiger partial charge is 0.392 e. The molecule has 0 aromatic carbocycles. The molecule has 0 saturated carbocycles. The number of aliphatic hydroxyl groups excluding tert-OH is 1. The first kappa shape index (κ1) is 11.6. The van der Waals surface area contributed by atoms with E-state index in [0.29, 0.717) is 11.3 Å². The van der Waals surface area contributed by atoms with Crippen molar-refractivity contribution in [1.29, 1.82) is 0 Å². The Morgan fingerprint density at radius 3 is 2.65 bits per heavy atom. The number of hydrogen-bond donors (Lipinski definition) is 1. The minimum Gasteiger partial charge on any atom is -0.392 e. The molecule has 0 radical (unpaired) electrons. The largest absolute Gasteiger partial charge is 0.419 e. The average Bonchev–Trinajstić information content (AvgIpc) is 2.77. The Morgan fingerprint density at radius 2 is 2.06 bits per heavy atom. The Bertz CT molecular complexity index is 522. The van der Waals surface area contributed by atoms with Gasteiger partial charge in [-0.25, -0.2) is 4.68 Å². The van der Waals surface area contributed by atoms with Gasteiger partial charge in [0, 0.05) is 24.2 Å². The van der Waals surface area contributed by atoms with E-state index in [1.807, 2.05) is 0 Å². The van der Waals surface area contributed by atoms with Gasteiger partial charge in [0.1, 0.15) is 0 Å². The Morgan fingerprint density at radius 1 is 1.29 bits per heavy atom. The van der Waals surface area contributed by atoms with Crippen LogP contribution in [0.3, 0.4) is 0 Å². The monoisotopic (exact) mass is 243 g/mol. The van der Waals surface area contributed by atoms with Crippen molar-refractivity contribution in [2.24, 2.45) is 0 Å². The fraction of sp³-hybridized carbons (Fsp3) is 0.200. The molecule has 2 aromatic rings. The minimum atomic E-state index is -4.43. The van der Waals surface area contributed by atoms with Crippen LogP contribution >= 0.6 is 0 Å². The third-order valence-electron chi connectivity index (χ3n) is 2.20. The predicted octanol–water partition coefficient (Wildman–Crippen LogP) is 1.78. The summed E-state index contributed by atoms with van der Waals surface area (Å²) in [7, 11) is 0. The van der Waals surface area contributed by atoms with Crippen LogP contribution in [-0.2, 0) is 12.8 Å². The fourth-order valence-corrected chi connectivity index (χ4v) is 1.37. The number of rotatable bonds is 2. The molecule has 0 unspecified atom stereocenters. The first-order valence-electron chi connectivity index (χ1n) is 4.68.